The smallest absolute Gasteiger partial charge is 0.226 e. The zero-order valence-electron chi connectivity index (χ0n) is 16.7. The summed E-state index contributed by atoms with van der Waals surface area (Å²) < 4.78 is 0. The van der Waals surface area contributed by atoms with Crippen LogP contribution in [0.15, 0.2) is 58.6 Å². The van der Waals surface area contributed by atoms with E-state index in [0.717, 1.165) is 33.6 Å². The summed E-state index contributed by atoms with van der Waals surface area (Å²) in [6, 6.07) is 16.1. The third-order valence-corrected chi connectivity index (χ3v) is 5.31. The van der Waals surface area contributed by atoms with E-state index in [1.54, 1.807) is 11.8 Å². The number of nitrogens with zero attached hydrogens (tertiary/aromatic N) is 2. The van der Waals surface area contributed by atoms with Crippen LogP contribution in [0.5, 0.6) is 0 Å². The highest BCUT2D eigenvalue weighted by atomic mass is 32.2. The van der Waals surface area contributed by atoms with Crippen molar-refractivity contribution >= 4 is 39.9 Å². The van der Waals surface area contributed by atoms with Gasteiger partial charge in [0.15, 0.2) is 5.17 Å². The van der Waals surface area contributed by atoms with E-state index in [2.05, 4.69) is 46.8 Å². The minimum Gasteiger partial charge on any atom is -0.326 e. The maximum atomic E-state index is 11.8. The second-order valence-electron chi connectivity index (χ2n) is 7.34. The maximum absolute atomic E-state index is 11.8. The molecule has 2 aromatic rings. The van der Waals surface area contributed by atoms with Crippen LogP contribution >= 0.6 is 11.8 Å². The third-order valence-electron chi connectivity index (χ3n) is 4.43. The molecule has 2 N–H and O–H groups in total. The molecular weight excluding hydrogens is 368 g/mol. The van der Waals surface area contributed by atoms with Crippen LogP contribution in [0.2, 0.25) is 0 Å². The third kappa shape index (κ3) is 5.23. The highest BCUT2D eigenvalue weighted by Gasteiger charge is 2.14. The quantitative estimate of drug-likeness (QED) is 0.738. The number of benzene rings is 2. The molecule has 0 bridgehead atoms. The van der Waals surface area contributed by atoms with Gasteiger partial charge in [0.1, 0.15) is 0 Å². The van der Waals surface area contributed by atoms with Gasteiger partial charge in [0.2, 0.25) is 5.91 Å². The van der Waals surface area contributed by atoms with Crippen molar-refractivity contribution in [3.8, 4) is 0 Å². The van der Waals surface area contributed by atoms with Crippen molar-refractivity contribution in [2.24, 2.45) is 16.0 Å². The first-order valence-corrected chi connectivity index (χ1v) is 10.5. The van der Waals surface area contributed by atoms with Crippen LogP contribution in [-0.4, -0.2) is 22.5 Å². The fraction of sp³-hybridized carbons (Fsp3) is 0.318. The fourth-order valence-corrected chi connectivity index (χ4v) is 3.39. The number of hydrazone groups is 1. The van der Waals surface area contributed by atoms with Crippen LogP contribution < -0.4 is 10.7 Å². The van der Waals surface area contributed by atoms with Gasteiger partial charge in [0, 0.05) is 17.4 Å². The molecule has 1 aliphatic rings. The standard InChI is InChI=1S/C22H26N4OS/c1-14(2)16-5-9-19(10-6-16)24-22-26-25-20(13-28-22)17-7-11-18(12-8-17)23-21(27)15(3)4/h5-12,14-15H,13H2,1-4H3,(H,23,27)(H,24,26). The molecule has 0 aliphatic carbocycles. The number of anilines is 1. The first-order valence-electron chi connectivity index (χ1n) is 9.47. The summed E-state index contributed by atoms with van der Waals surface area (Å²) in [7, 11) is 0. The summed E-state index contributed by atoms with van der Waals surface area (Å²) >= 11 is 1.63. The average Bonchev–Trinajstić information content (AvgIpc) is 2.69. The van der Waals surface area contributed by atoms with Gasteiger partial charge in [-0.25, -0.2) is 4.99 Å². The molecule has 1 amide bonds. The lowest BCUT2D eigenvalue weighted by molar-refractivity contribution is -0.118. The molecule has 0 saturated heterocycles. The van der Waals surface area contributed by atoms with Crippen molar-refractivity contribution in [2.45, 2.75) is 33.6 Å². The van der Waals surface area contributed by atoms with Crippen molar-refractivity contribution in [2.75, 3.05) is 11.1 Å². The van der Waals surface area contributed by atoms with E-state index >= 15 is 0 Å². The second kappa shape index (κ2) is 9.06. The Labute approximate surface area is 170 Å². The van der Waals surface area contributed by atoms with E-state index < -0.39 is 0 Å². The van der Waals surface area contributed by atoms with Crippen LogP contribution in [-0.2, 0) is 4.79 Å². The van der Waals surface area contributed by atoms with Gasteiger partial charge in [-0.15, -0.1) is 0 Å². The number of carbonyl (C=O) groups is 1. The number of rotatable bonds is 5. The summed E-state index contributed by atoms with van der Waals surface area (Å²) in [4.78, 5) is 16.4. The fourth-order valence-electron chi connectivity index (χ4n) is 2.61. The predicted molar refractivity (Wildman–Crippen MR) is 120 cm³/mol. The molecule has 2 aromatic carbocycles. The summed E-state index contributed by atoms with van der Waals surface area (Å²) in [6.07, 6.45) is 0. The minimum absolute atomic E-state index is 0.0160. The van der Waals surface area contributed by atoms with E-state index in [9.17, 15) is 4.79 Å². The first-order chi connectivity index (χ1) is 13.4. The molecule has 5 nitrogen and oxygen atoms in total. The maximum Gasteiger partial charge on any atom is 0.226 e. The molecule has 0 radical (unpaired) electrons. The zero-order valence-corrected chi connectivity index (χ0v) is 17.5. The Morgan fingerprint density at radius 1 is 1.07 bits per heavy atom. The van der Waals surface area contributed by atoms with Crippen molar-refractivity contribution in [3.05, 3.63) is 59.7 Å². The highest BCUT2D eigenvalue weighted by molar-refractivity contribution is 8.14. The Bertz CT molecular complexity index is 884. The molecule has 0 spiro atoms. The molecule has 0 saturated carbocycles. The van der Waals surface area contributed by atoms with Gasteiger partial charge in [-0.2, -0.15) is 5.10 Å². The molecule has 1 aliphatic heterocycles. The molecule has 3 rings (SSSR count). The molecule has 0 unspecified atom stereocenters. The van der Waals surface area contributed by atoms with Crippen molar-refractivity contribution < 1.29 is 4.79 Å². The van der Waals surface area contributed by atoms with Gasteiger partial charge >= 0.3 is 0 Å². The summed E-state index contributed by atoms with van der Waals surface area (Å²) in [5, 5.41) is 8.16. The largest absolute Gasteiger partial charge is 0.326 e. The number of carbonyl (C=O) groups excluding carboxylic acids is 1. The Morgan fingerprint density at radius 2 is 1.75 bits per heavy atom. The van der Waals surface area contributed by atoms with Crippen LogP contribution in [0.25, 0.3) is 0 Å². The Morgan fingerprint density at radius 3 is 2.29 bits per heavy atom. The Hall–Kier alpha value is -2.60. The van der Waals surface area contributed by atoms with Crippen LogP contribution in [0, 0.1) is 5.92 Å². The normalized spacial score (nSPS) is 15.5. The monoisotopic (exact) mass is 394 g/mol. The van der Waals surface area contributed by atoms with Gasteiger partial charge in [0.25, 0.3) is 0 Å². The minimum atomic E-state index is -0.0396. The lowest BCUT2D eigenvalue weighted by atomic mass is 10.0. The molecule has 28 heavy (non-hydrogen) atoms. The lowest BCUT2D eigenvalue weighted by Gasteiger charge is -2.15. The molecule has 0 aromatic heterocycles. The lowest BCUT2D eigenvalue weighted by Crippen LogP contribution is -2.25. The predicted octanol–water partition coefficient (Wildman–Crippen LogP) is 5.13. The van der Waals surface area contributed by atoms with Crippen LogP contribution in [0.3, 0.4) is 0 Å². The van der Waals surface area contributed by atoms with Crippen molar-refractivity contribution in [3.63, 3.8) is 0 Å². The molecule has 146 valence electrons. The van der Waals surface area contributed by atoms with Crippen LogP contribution in [0.4, 0.5) is 11.4 Å². The summed E-state index contributed by atoms with van der Waals surface area (Å²) in [6.45, 7) is 8.11. The number of aliphatic imine (C=N–C) groups is 1. The van der Waals surface area contributed by atoms with E-state index in [-0.39, 0.29) is 11.8 Å². The Balaban J connectivity index is 1.64. The number of hydrogen-bond donors (Lipinski definition) is 2. The average molecular weight is 395 g/mol. The zero-order chi connectivity index (χ0) is 20.1. The van der Waals surface area contributed by atoms with E-state index in [1.165, 1.54) is 5.56 Å². The van der Waals surface area contributed by atoms with Gasteiger partial charge in [-0.1, -0.05) is 63.7 Å². The molecule has 6 heteroatoms. The topological polar surface area (TPSA) is 65.8 Å². The van der Waals surface area contributed by atoms with Gasteiger partial charge in [-0.3, -0.25) is 10.2 Å². The SMILES string of the molecule is CC(C)C(=O)Nc1ccc(C2=NNC(=Nc3ccc(C(C)C)cc3)SC2)cc1. The summed E-state index contributed by atoms with van der Waals surface area (Å²) in [5.74, 6) is 1.24. The van der Waals surface area contributed by atoms with E-state index in [4.69, 9.17) is 0 Å². The molecule has 1 heterocycles. The first kappa shape index (κ1) is 20.1. The number of amidine groups is 1. The van der Waals surface area contributed by atoms with Crippen LogP contribution in [0.1, 0.15) is 44.7 Å². The highest BCUT2D eigenvalue weighted by Crippen LogP contribution is 2.22. The Kier molecular flexibility index (Phi) is 6.52. The summed E-state index contributed by atoms with van der Waals surface area (Å²) in [5.41, 5.74) is 8.06. The molecule has 0 fully saturated rings. The van der Waals surface area contributed by atoms with Gasteiger partial charge in [0.05, 0.1) is 11.4 Å². The number of nitrogens with one attached hydrogen (secondary N) is 2. The van der Waals surface area contributed by atoms with Crippen molar-refractivity contribution in [1.29, 1.82) is 0 Å². The van der Waals surface area contributed by atoms with Crippen molar-refractivity contribution in [1.82, 2.24) is 5.43 Å². The number of amides is 1. The second-order valence-corrected chi connectivity index (χ2v) is 8.31. The number of thioether (sulfide) groups is 1. The van der Waals surface area contributed by atoms with E-state index in [1.807, 2.05) is 50.2 Å². The molecule has 0 atom stereocenters. The van der Waals surface area contributed by atoms with E-state index in [0.29, 0.717) is 5.92 Å². The van der Waals surface area contributed by atoms with Gasteiger partial charge in [-0.05, 0) is 41.3 Å². The van der Waals surface area contributed by atoms with Gasteiger partial charge < -0.3 is 5.32 Å². The number of hydrogen-bond acceptors (Lipinski definition) is 4. The molecular formula is C22H26N4OS.